The van der Waals surface area contributed by atoms with Gasteiger partial charge in [-0.25, -0.2) is 9.78 Å². The second-order valence-corrected chi connectivity index (χ2v) is 7.92. The van der Waals surface area contributed by atoms with E-state index in [0.717, 1.165) is 61.8 Å². The SMILES string of the molecule is CN(C)c1ncccc1CNC(=O)Nc1ccc2c(ccn2CCN2CCOCC2)c1. The lowest BCUT2D eigenvalue weighted by molar-refractivity contribution is 0.0365. The molecule has 0 radical (unpaired) electrons. The molecule has 2 amide bonds. The van der Waals surface area contributed by atoms with Gasteiger partial charge in [-0.1, -0.05) is 6.07 Å². The number of urea groups is 1. The van der Waals surface area contributed by atoms with Crippen LogP contribution in [0.1, 0.15) is 5.56 Å². The van der Waals surface area contributed by atoms with E-state index in [0.29, 0.717) is 6.54 Å². The van der Waals surface area contributed by atoms with Crippen LogP contribution in [0, 0.1) is 0 Å². The highest BCUT2D eigenvalue weighted by Crippen LogP contribution is 2.21. The number of aromatic nitrogens is 2. The van der Waals surface area contributed by atoms with Gasteiger partial charge in [-0.15, -0.1) is 0 Å². The predicted octanol–water partition coefficient (Wildman–Crippen LogP) is 2.76. The number of nitrogens with one attached hydrogen (secondary N) is 2. The molecule has 2 aromatic heterocycles. The average molecular weight is 423 g/mol. The minimum Gasteiger partial charge on any atom is -0.379 e. The summed E-state index contributed by atoms with van der Waals surface area (Å²) in [5.41, 5.74) is 2.91. The highest BCUT2D eigenvalue weighted by Gasteiger charge is 2.11. The fraction of sp³-hybridized carbons (Fsp3) is 0.391. The van der Waals surface area contributed by atoms with E-state index in [1.54, 1.807) is 6.20 Å². The molecule has 1 aromatic carbocycles. The van der Waals surface area contributed by atoms with Gasteiger partial charge in [0.25, 0.3) is 0 Å². The number of benzene rings is 1. The summed E-state index contributed by atoms with van der Waals surface area (Å²) in [6.45, 7) is 6.00. The van der Waals surface area contributed by atoms with Crippen LogP contribution in [0.15, 0.2) is 48.8 Å². The molecule has 0 atom stereocenters. The summed E-state index contributed by atoms with van der Waals surface area (Å²) in [5, 5.41) is 6.96. The van der Waals surface area contributed by atoms with E-state index in [1.807, 2.05) is 43.3 Å². The van der Waals surface area contributed by atoms with E-state index < -0.39 is 0 Å². The van der Waals surface area contributed by atoms with Crippen molar-refractivity contribution >= 4 is 28.4 Å². The summed E-state index contributed by atoms with van der Waals surface area (Å²) in [4.78, 5) is 21.1. The number of carbonyl (C=O) groups is 1. The Balaban J connectivity index is 1.34. The summed E-state index contributed by atoms with van der Waals surface area (Å²) in [7, 11) is 3.88. The van der Waals surface area contributed by atoms with Gasteiger partial charge >= 0.3 is 6.03 Å². The van der Waals surface area contributed by atoms with Gasteiger partial charge in [0, 0.05) is 81.4 Å². The zero-order valence-electron chi connectivity index (χ0n) is 18.2. The molecule has 3 aromatic rings. The van der Waals surface area contributed by atoms with Gasteiger partial charge < -0.3 is 24.8 Å². The third kappa shape index (κ3) is 5.34. The molecule has 3 heterocycles. The second-order valence-electron chi connectivity index (χ2n) is 7.92. The van der Waals surface area contributed by atoms with Crippen LogP contribution < -0.4 is 15.5 Å². The Labute approximate surface area is 182 Å². The number of ether oxygens (including phenoxy) is 1. The largest absolute Gasteiger partial charge is 0.379 e. The molecule has 2 N–H and O–H groups in total. The van der Waals surface area contributed by atoms with E-state index >= 15 is 0 Å². The lowest BCUT2D eigenvalue weighted by atomic mass is 10.2. The first-order valence-corrected chi connectivity index (χ1v) is 10.7. The predicted molar refractivity (Wildman–Crippen MR) is 124 cm³/mol. The molecule has 0 aliphatic carbocycles. The Hall–Kier alpha value is -3.10. The van der Waals surface area contributed by atoms with Crippen molar-refractivity contribution in [3.05, 3.63) is 54.4 Å². The van der Waals surface area contributed by atoms with E-state index in [1.165, 1.54) is 5.52 Å². The van der Waals surface area contributed by atoms with Crippen molar-refractivity contribution in [1.29, 1.82) is 0 Å². The topological polar surface area (TPSA) is 74.7 Å². The number of anilines is 2. The quantitative estimate of drug-likeness (QED) is 0.613. The Morgan fingerprint density at radius 3 is 2.81 bits per heavy atom. The maximum absolute atomic E-state index is 12.4. The standard InChI is InChI=1S/C23H30N6O2/c1-27(2)22-19(4-3-8-24-22)17-25-23(30)26-20-5-6-21-18(16-20)7-9-29(21)11-10-28-12-14-31-15-13-28/h3-9,16H,10-15,17H2,1-2H3,(H2,25,26,30). The minimum atomic E-state index is -0.236. The van der Waals surface area contributed by atoms with Crippen LogP contribution in [-0.4, -0.2) is 67.4 Å². The minimum absolute atomic E-state index is 0.236. The Kier molecular flexibility index (Phi) is 6.69. The van der Waals surface area contributed by atoms with Crippen molar-refractivity contribution in [2.75, 3.05) is 57.2 Å². The summed E-state index contributed by atoms with van der Waals surface area (Å²) in [6.07, 6.45) is 3.86. The molecule has 1 saturated heterocycles. The number of hydrogen-bond acceptors (Lipinski definition) is 5. The number of morpholine rings is 1. The van der Waals surface area contributed by atoms with Crippen molar-refractivity contribution in [2.24, 2.45) is 0 Å². The number of fused-ring (bicyclic) bond motifs is 1. The van der Waals surface area contributed by atoms with Crippen molar-refractivity contribution in [1.82, 2.24) is 19.8 Å². The molecule has 31 heavy (non-hydrogen) atoms. The number of hydrogen-bond donors (Lipinski definition) is 2. The smallest absolute Gasteiger partial charge is 0.319 e. The maximum atomic E-state index is 12.4. The summed E-state index contributed by atoms with van der Waals surface area (Å²) in [6, 6.07) is 11.7. The van der Waals surface area contributed by atoms with E-state index in [9.17, 15) is 4.79 Å². The molecule has 8 heteroatoms. The molecular formula is C23H30N6O2. The molecule has 1 fully saturated rings. The highest BCUT2D eigenvalue weighted by molar-refractivity contribution is 5.93. The van der Waals surface area contributed by atoms with E-state index in [2.05, 4.69) is 43.4 Å². The van der Waals surface area contributed by atoms with Gasteiger partial charge in [0.15, 0.2) is 0 Å². The lowest BCUT2D eigenvalue weighted by Gasteiger charge is -2.26. The van der Waals surface area contributed by atoms with Crippen molar-refractivity contribution in [3.63, 3.8) is 0 Å². The monoisotopic (exact) mass is 422 g/mol. The van der Waals surface area contributed by atoms with Crippen molar-refractivity contribution < 1.29 is 9.53 Å². The number of pyridine rings is 1. The van der Waals surface area contributed by atoms with Crippen molar-refractivity contribution in [2.45, 2.75) is 13.1 Å². The maximum Gasteiger partial charge on any atom is 0.319 e. The molecule has 4 rings (SSSR count). The normalized spacial score (nSPS) is 14.5. The average Bonchev–Trinajstić information content (AvgIpc) is 3.19. The van der Waals surface area contributed by atoms with E-state index in [4.69, 9.17) is 4.74 Å². The van der Waals surface area contributed by atoms with E-state index in [-0.39, 0.29) is 6.03 Å². The molecule has 164 valence electrons. The molecular weight excluding hydrogens is 392 g/mol. The number of amides is 2. The fourth-order valence-corrected chi connectivity index (χ4v) is 3.87. The van der Waals surface area contributed by atoms with Gasteiger partial charge in [-0.3, -0.25) is 4.90 Å². The molecule has 1 aliphatic rings. The number of rotatable bonds is 7. The molecule has 1 aliphatic heterocycles. The third-order valence-corrected chi connectivity index (χ3v) is 5.52. The summed E-state index contributed by atoms with van der Waals surface area (Å²) >= 11 is 0. The van der Waals surface area contributed by atoms with Crippen LogP contribution in [0.4, 0.5) is 16.3 Å². The fourth-order valence-electron chi connectivity index (χ4n) is 3.87. The lowest BCUT2D eigenvalue weighted by Crippen LogP contribution is -2.38. The van der Waals surface area contributed by atoms with Gasteiger partial charge in [-0.05, 0) is 30.3 Å². The van der Waals surface area contributed by atoms with Crippen LogP contribution in [0.2, 0.25) is 0 Å². The summed E-state index contributed by atoms with van der Waals surface area (Å²) in [5.74, 6) is 0.850. The van der Waals surface area contributed by atoms with Crippen molar-refractivity contribution in [3.8, 4) is 0 Å². The van der Waals surface area contributed by atoms with Gasteiger partial charge in [0.2, 0.25) is 0 Å². The van der Waals surface area contributed by atoms with Crippen LogP contribution >= 0.6 is 0 Å². The Bertz CT molecular complexity index is 1030. The first kappa shape index (κ1) is 21.1. The first-order chi connectivity index (χ1) is 15.1. The first-order valence-electron chi connectivity index (χ1n) is 10.7. The summed E-state index contributed by atoms with van der Waals surface area (Å²) < 4.78 is 7.68. The van der Waals surface area contributed by atoms with Crippen LogP contribution in [-0.2, 0) is 17.8 Å². The Morgan fingerprint density at radius 1 is 1.16 bits per heavy atom. The molecule has 0 unspecified atom stereocenters. The van der Waals surface area contributed by atoms with Crippen LogP contribution in [0.25, 0.3) is 10.9 Å². The van der Waals surface area contributed by atoms with Gasteiger partial charge in [0.1, 0.15) is 5.82 Å². The zero-order chi connectivity index (χ0) is 21.6. The zero-order valence-corrected chi connectivity index (χ0v) is 18.2. The Morgan fingerprint density at radius 2 is 2.00 bits per heavy atom. The molecule has 8 nitrogen and oxygen atoms in total. The molecule has 0 spiro atoms. The van der Waals surface area contributed by atoms with Crippen LogP contribution in [0.3, 0.4) is 0 Å². The van der Waals surface area contributed by atoms with Crippen LogP contribution in [0.5, 0.6) is 0 Å². The molecule has 0 bridgehead atoms. The molecule has 0 saturated carbocycles. The highest BCUT2D eigenvalue weighted by atomic mass is 16.5. The third-order valence-electron chi connectivity index (χ3n) is 5.52. The van der Waals surface area contributed by atoms with Gasteiger partial charge in [-0.2, -0.15) is 0 Å². The van der Waals surface area contributed by atoms with Gasteiger partial charge in [0.05, 0.1) is 13.2 Å². The second kappa shape index (κ2) is 9.80. The number of nitrogens with zero attached hydrogens (tertiary/aromatic N) is 4. The number of carbonyl (C=O) groups excluding carboxylic acids is 1.